The molecule has 3 rings (SSSR count). The lowest BCUT2D eigenvalue weighted by Gasteiger charge is -2.41. The summed E-state index contributed by atoms with van der Waals surface area (Å²) in [6.45, 7) is 4.50. The minimum Gasteiger partial charge on any atom is -0.450 e. The second-order valence-corrected chi connectivity index (χ2v) is 7.12. The molecule has 1 saturated heterocycles. The van der Waals surface area contributed by atoms with Gasteiger partial charge in [-0.05, 0) is 31.9 Å². The fourth-order valence-corrected chi connectivity index (χ4v) is 4.13. The molecule has 2 fully saturated rings. The lowest BCUT2D eigenvalue weighted by Crippen LogP contribution is -2.52. The second-order valence-electron chi connectivity index (χ2n) is 7.12. The first-order valence-corrected chi connectivity index (χ1v) is 9.47. The number of hydrogen-bond acceptors (Lipinski definition) is 3. The van der Waals surface area contributed by atoms with Crippen molar-refractivity contribution in [3.8, 4) is 0 Å². The number of rotatable bonds is 4. The Morgan fingerprint density at radius 2 is 1.56 bits per heavy atom. The first-order valence-electron chi connectivity index (χ1n) is 9.47. The molecule has 1 saturated carbocycles. The highest BCUT2D eigenvalue weighted by atomic mass is 16.6. The summed E-state index contributed by atoms with van der Waals surface area (Å²) >= 11 is 0. The quantitative estimate of drug-likeness (QED) is 0.841. The van der Waals surface area contributed by atoms with E-state index >= 15 is 0 Å². The van der Waals surface area contributed by atoms with Gasteiger partial charge < -0.3 is 19.1 Å². The zero-order valence-electron chi connectivity index (χ0n) is 15.2. The number of carbonyl (C=O) groups is 2. The normalized spacial score (nSPS) is 20.4. The zero-order valence-corrected chi connectivity index (χ0v) is 15.2. The van der Waals surface area contributed by atoms with Crippen LogP contribution in [0, 0.1) is 0 Å². The maximum Gasteiger partial charge on any atom is 0.409 e. The molecule has 0 atom stereocenters. The molecule has 0 N–H and O–H groups in total. The standard InChI is InChI=1S/C19H29N3O3/c1-2-25-18(24)21-14-12-20(13-15-21)17(23)16-19(8-4-3-5-9-19)22-10-6-7-11-22/h6-7,10-11H,2-5,8-9,12-16H2,1H3. The summed E-state index contributed by atoms with van der Waals surface area (Å²) in [5, 5.41) is 0. The van der Waals surface area contributed by atoms with E-state index in [0.717, 1.165) is 12.8 Å². The van der Waals surface area contributed by atoms with E-state index in [0.29, 0.717) is 39.2 Å². The van der Waals surface area contributed by atoms with Crippen molar-refractivity contribution in [1.29, 1.82) is 0 Å². The lowest BCUT2D eigenvalue weighted by atomic mass is 9.78. The molecule has 6 heteroatoms. The average molecular weight is 347 g/mol. The van der Waals surface area contributed by atoms with Crippen LogP contribution in [0.2, 0.25) is 0 Å². The van der Waals surface area contributed by atoms with Crippen molar-refractivity contribution >= 4 is 12.0 Å². The topological polar surface area (TPSA) is 54.8 Å². The number of piperazine rings is 1. The molecule has 1 aliphatic carbocycles. The number of amides is 2. The summed E-state index contributed by atoms with van der Waals surface area (Å²) in [5.41, 5.74) is -0.0723. The number of hydrogen-bond donors (Lipinski definition) is 0. The van der Waals surface area contributed by atoms with Gasteiger partial charge in [-0.1, -0.05) is 19.3 Å². The highest BCUT2D eigenvalue weighted by Gasteiger charge is 2.37. The molecule has 1 aromatic rings. The minimum absolute atomic E-state index is 0.0723. The van der Waals surface area contributed by atoms with Crippen molar-refractivity contribution in [1.82, 2.24) is 14.4 Å². The summed E-state index contributed by atoms with van der Waals surface area (Å²) in [6.07, 6.45) is 10.2. The van der Waals surface area contributed by atoms with E-state index in [1.165, 1.54) is 19.3 Å². The van der Waals surface area contributed by atoms with Gasteiger partial charge in [-0.2, -0.15) is 0 Å². The third kappa shape index (κ3) is 3.99. The van der Waals surface area contributed by atoms with Crippen molar-refractivity contribution < 1.29 is 14.3 Å². The Hall–Kier alpha value is -1.98. The van der Waals surface area contributed by atoms with Gasteiger partial charge in [0.1, 0.15) is 0 Å². The molecule has 6 nitrogen and oxygen atoms in total. The van der Waals surface area contributed by atoms with Crippen LogP contribution in [0.25, 0.3) is 0 Å². The average Bonchev–Trinajstić information content (AvgIpc) is 3.18. The van der Waals surface area contributed by atoms with E-state index in [4.69, 9.17) is 4.74 Å². The number of nitrogens with zero attached hydrogens (tertiary/aromatic N) is 3. The highest BCUT2D eigenvalue weighted by molar-refractivity contribution is 5.78. The Balaban J connectivity index is 1.60. The predicted octanol–water partition coefficient (Wildman–Crippen LogP) is 2.84. The Bertz CT molecular complexity index is 571. The van der Waals surface area contributed by atoms with E-state index in [1.807, 2.05) is 24.0 Å². The van der Waals surface area contributed by atoms with Gasteiger partial charge in [0.15, 0.2) is 0 Å². The highest BCUT2D eigenvalue weighted by Crippen LogP contribution is 2.38. The molecule has 138 valence electrons. The third-order valence-electron chi connectivity index (χ3n) is 5.58. The summed E-state index contributed by atoms with van der Waals surface area (Å²) in [7, 11) is 0. The van der Waals surface area contributed by atoms with E-state index in [2.05, 4.69) is 17.0 Å². The smallest absolute Gasteiger partial charge is 0.409 e. The van der Waals surface area contributed by atoms with Gasteiger partial charge in [-0.25, -0.2) is 4.79 Å². The molecule has 25 heavy (non-hydrogen) atoms. The molecule has 0 radical (unpaired) electrons. The lowest BCUT2D eigenvalue weighted by molar-refractivity contribution is -0.135. The summed E-state index contributed by atoms with van der Waals surface area (Å²) in [6, 6.07) is 4.08. The van der Waals surface area contributed by atoms with Crippen molar-refractivity contribution in [2.75, 3.05) is 32.8 Å². The van der Waals surface area contributed by atoms with Crippen LogP contribution in [0.15, 0.2) is 24.5 Å². The third-order valence-corrected chi connectivity index (χ3v) is 5.58. The molecule has 2 aliphatic rings. The summed E-state index contributed by atoms with van der Waals surface area (Å²) < 4.78 is 7.29. The molecule has 0 aromatic carbocycles. The van der Waals surface area contributed by atoms with Crippen LogP contribution in [0.1, 0.15) is 45.4 Å². The molecule has 1 aliphatic heterocycles. The zero-order chi connectivity index (χ0) is 17.7. The van der Waals surface area contributed by atoms with E-state index in [-0.39, 0.29) is 17.5 Å². The maximum absolute atomic E-state index is 12.9. The molecular weight excluding hydrogens is 318 g/mol. The number of carbonyl (C=O) groups excluding carboxylic acids is 2. The summed E-state index contributed by atoms with van der Waals surface area (Å²) in [4.78, 5) is 28.3. The monoisotopic (exact) mass is 347 g/mol. The Morgan fingerprint density at radius 1 is 0.960 bits per heavy atom. The van der Waals surface area contributed by atoms with Gasteiger partial charge in [-0.15, -0.1) is 0 Å². The van der Waals surface area contributed by atoms with Crippen molar-refractivity contribution in [2.45, 2.75) is 51.0 Å². The molecule has 0 unspecified atom stereocenters. The van der Waals surface area contributed by atoms with Gasteiger partial charge in [0.2, 0.25) is 5.91 Å². The second kappa shape index (κ2) is 7.93. The van der Waals surface area contributed by atoms with E-state index in [1.54, 1.807) is 4.90 Å². The van der Waals surface area contributed by atoms with Crippen LogP contribution in [-0.4, -0.2) is 59.2 Å². The van der Waals surface area contributed by atoms with E-state index in [9.17, 15) is 9.59 Å². The minimum atomic E-state index is -0.273. The van der Waals surface area contributed by atoms with Gasteiger partial charge in [0.05, 0.1) is 18.6 Å². The molecule has 2 heterocycles. The Morgan fingerprint density at radius 3 is 2.16 bits per heavy atom. The van der Waals surface area contributed by atoms with Crippen LogP contribution < -0.4 is 0 Å². The van der Waals surface area contributed by atoms with Gasteiger partial charge in [0, 0.05) is 38.6 Å². The Labute approximate surface area is 149 Å². The van der Waals surface area contributed by atoms with Gasteiger partial charge >= 0.3 is 6.09 Å². The van der Waals surface area contributed by atoms with Crippen LogP contribution in [-0.2, 0) is 15.1 Å². The SMILES string of the molecule is CCOC(=O)N1CCN(C(=O)CC2(n3cccc3)CCCCC2)CC1. The maximum atomic E-state index is 12.9. The van der Waals surface area contributed by atoms with Crippen LogP contribution >= 0.6 is 0 Å². The fourth-order valence-electron chi connectivity index (χ4n) is 4.13. The van der Waals surface area contributed by atoms with Crippen LogP contribution in [0.4, 0.5) is 4.79 Å². The van der Waals surface area contributed by atoms with Gasteiger partial charge in [0.25, 0.3) is 0 Å². The largest absolute Gasteiger partial charge is 0.450 e. The summed E-state index contributed by atoms with van der Waals surface area (Å²) in [5.74, 6) is 0.208. The van der Waals surface area contributed by atoms with E-state index < -0.39 is 0 Å². The van der Waals surface area contributed by atoms with Gasteiger partial charge in [-0.3, -0.25) is 4.79 Å². The Kier molecular flexibility index (Phi) is 5.66. The van der Waals surface area contributed by atoms with Crippen molar-refractivity contribution in [3.63, 3.8) is 0 Å². The molecule has 0 bridgehead atoms. The number of aromatic nitrogens is 1. The molecule has 1 aromatic heterocycles. The van der Waals surface area contributed by atoms with Crippen molar-refractivity contribution in [2.24, 2.45) is 0 Å². The van der Waals surface area contributed by atoms with Crippen LogP contribution in [0.3, 0.4) is 0 Å². The molecular formula is C19H29N3O3. The molecule has 2 amide bonds. The fraction of sp³-hybridized carbons (Fsp3) is 0.684. The number of ether oxygens (including phenoxy) is 1. The van der Waals surface area contributed by atoms with Crippen LogP contribution in [0.5, 0.6) is 0 Å². The first kappa shape index (κ1) is 17.8. The van der Waals surface area contributed by atoms with Crippen molar-refractivity contribution in [3.05, 3.63) is 24.5 Å². The first-order chi connectivity index (χ1) is 12.1. The molecule has 0 spiro atoms. The predicted molar refractivity (Wildman–Crippen MR) is 95.3 cm³/mol.